The standard InChI is InChI=1S/C12H7BrCl2N2O/c13-8-2-1-5-16-11(8)12(18)17-7-3-4-9(14)10(15)6-7/h1-6H,(H,17,18). The van der Waals surface area contributed by atoms with E-state index in [-0.39, 0.29) is 5.91 Å². The average molecular weight is 346 g/mol. The van der Waals surface area contributed by atoms with Crippen molar-refractivity contribution in [3.63, 3.8) is 0 Å². The van der Waals surface area contributed by atoms with Crippen LogP contribution in [0.1, 0.15) is 10.5 Å². The average Bonchev–Trinajstić information content (AvgIpc) is 2.34. The molecule has 18 heavy (non-hydrogen) atoms. The Labute approximate surface area is 122 Å². The highest BCUT2D eigenvalue weighted by Crippen LogP contribution is 2.25. The first-order valence-corrected chi connectivity index (χ1v) is 6.50. The van der Waals surface area contributed by atoms with E-state index in [9.17, 15) is 4.79 Å². The van der Waals surface area contributed by atoms with Crippen LogP contribution in [0.15, 0.2) is 41.0 Å². The Morgan fingerprint density at radius 2 is 2.00 bits per heavy atom. The second-order valence-electron chi connectivity index (χ2n) is 3.42. The molecule has 3 nitrogen and oxygen atoms in total. The van der Waals surface area contributed by atoms with Crippen LogP contribution in [0, 0.1) is 0 Å². The minimum Gasteiger partial charge on any atom is -0.321 e. The SMILES string of the molecule is O=C(Nc1ccc(Cl)c(Cl)c1)c1ncccc1Br. The van der Waals surface area contributed by atoms with Crippen molar-refractivity contribution in [3.05, 3.63) is 56.7 Å². The van der Waals surface area contributed by atoms with Gasteiger partial charge >= 0.3 is 0 Å². The third-order valence-corrected chi connectivity index (χ3v) is 3.53. The number of rotatable bonds is 2. The smallest absolute Gasteiger partial charge is 0.275 e. The minimum atomic E-state index is -0.319. The normalized spacial score (nSPS) is 10.2. The lowest BCUT2D eigenvalue weighted by atomic mass is 10.3. The summed E-state index contributed by atoms with van der Waals surface area (Å²) < 4.78 is 0.627. The Morgan fingerprint density at radius 3 is 2.67 bits per heavy atom. The van der Waals surface area contributed by atoms with Crippen LogP contribution in [0.4, 0.5) is 5.69 Å². The molecule has 0 bridgehead atoms. The summed E-state index contributed by atoms with van der Waals surface area (Å²) in [6.07, 6.45) is 1.55. The number of nitrogens with one attached hydrogen (secondary N) is 1. The molecule has 0 aliphatic carbocycles. The molecule has 0 radical (unpaired) electrons. The summed E-state index contributed by atoms with van der Waals surface area (Å²) in [5, 5.41) is 3.52. The molecule has 0 saturated heterocycles. The summed E-state index contributed by atoms with van der Waals surface area (Å²) in [5.74, 6) is -0.319. The molecule has 92 valence electrons. The predicted molar refractivity (Wildman–Crippen MR) is 76.4 cm³/mol. The van der Waals surface area contributed by atoms with E-state index in [1.165, 1.54) is 0 Å². The molecule has 0 aliphatic rings. The topological polar surface area (TPSA) is 42.0 Å². The number of amides is 1. The molecule has 0 spiro atoms. The van der Waals surface area contributed by atoms with E-state index in [2.05, 4.69) is 26.2 Å². The van der Waals surface area contributed by atoms with Gasteiger partial charge in [0.05, 0.1) is 10.0 Å². The van der Waals surface area contributed by atoms with Crippen LogP contribution in [0.2, 0.25) is 10.0 Å². The van der Waals surface area contributed by atoms with Crippen molar-refractivity contribution >= 4 is 50.7 Å². The van der Waals surface area contributed by atoms with E-state index in [0.29, 0.717) is 25.9 Å². The number of hydrogen-bond acceptors (Lipinski definition) is 2. The second kappa shape index (κ2) is 5.69. The highest BCUT2D eigenvalue weighted by atomic mass is 79.9. The van der Waals surface area contributed by atoms with Crippen molar-refractivity contribution in [1.82, 2.24) is 4.98 Å². The molecule has 6 heteroatoms. The molecule has 1 heterocycles. The van der Waals surface area contributed by atoms with Gasteiger partial charge in [-0.05, 0) is 46.3 Å². The Bertz CT molecular complexity index is 604. The van der Waals surface area contributed by atoms with Crippen molar-refractivity contribution < 1.29 is 4.79 Å². The molecule has 0 atom stereocenters. The highest BCUT2D eigenvalue weighted by molar-refractivity contribution is 9.10. The Balaban J connectivity index is 2.22. The molecule has 2 rings (SSSR count). The Morgan fingerprint density at radius 1 is 1.22 bits per heavy atom. The number of carbonyl (C=O) groups is 1. The van der Waals surface area contributed by atoms with Crippen LogP contribution in [0.5, 0.6) is 0 Å². The first-order valence-electron chi connectivity index (χ1n) is 4.95. The van der Waals surface area contributed by atoms with Crippen LogP contribution in [-0.4, -0.2) is 10.9 Å². The number of nitrogens with zero attached hydrogens (tertiary/aromatic N) is 1. The van der Waals surface area contributed by atoms with Gasteiger partial charge in [-0.2, -0.15) is 0 Å². The van der Waals surface area contributed by atoms with Gasteiger partial charge in [0.25, 0.3) is 5.91 Å². The highest BCUT2D eigenvalue weighted by Gasteiger charge is 2.11. The van der Waals surface area contributed by atoms with E-state index >= 15 is 0 Å². The summed E-state index contributed by atoms with van der Waals surface area (Å²) in [5.41, 5.74) is 0.871. The monoisotopic (exact) mass is 344 g/mol. The molecular weight excluding hydrogens is 339 g/mol. The molecule has 0 aliphatic heterocycles. The van der Waals surface area contributed by atoms with Gasteiger partial charge in [-0.1, -0.05) is 23.2 Å². The fourth-order valence-electron chi connectivity index (χ4n) is 1.32. The van der Waals surface area contributed by atoms with Gasteiger partial charge < -0.3 is 5.32 Å². The number of pyridine rings is 1. The first kappa shape index (κ1) is 13.3. The summed E-state index contributed by atoms with van der Waals surface area (Å²) in [7, 11) is 0. The number of anilines is 1. The van der Waals surface area contributed by atoms with E-state index in [1.807, 2.05) is 0 Å². The first-order chi connectivity index (χ1) is 8.58. The zero-order valence-electron chi connectivity index (χ0n) is 8.95. The molecule has 1 amide bonds. The van der Waals surface area contributed by atoms with E-state index in [4.69, 9.17) is 23.2 Å². The van der Waals surface area contributed by atoms with Crippen LogP contribution >= 0.6 is 39.1 Å². The number of benzene rings is 1. The number of aromatic nitrogens is 1. The number of carbonyl (C=O) groups excluding carboxylic acids is 1. The predicted octanol–water partition coefficient (Wildman–Crippen LogP) is 4.40. The largest absolute Gasteiger partial charge is 0.321 e. The summed E-state index contributed by atoms with van der Waals surface area (Å²) >= 11 is 14.9. The Kier molecular flexibility index (Phi) is 4.22. The molecular formula is C12H7BrCl2N2O. The van der Waals surface area contributed by atoms with Crippen LogP contribution in [0.3, 0.4) is 0 Å². The van der Waals surface area contributed by atoms with Gasteiger partial charge in [0.1, 0.15) is 5.69 Å². The maximum Gasteiger partial charge on any atom is 0.275 e. The van der Waals surface area contributed by atoms with E-state index < -0.39 is 0 Å². The number of halogens is 3. The summed E-state index contributed by atoms with van der Waals surface area (Å²) in [6, 6.07) is 8.35. The molecule has 1 aromatic heterocycles. The van der Waals surface area contributed by atoms with Crippen LogP contribution in [0.25, 0.3) is 0 Å². The van der Waals surface area contributed by atoms with Gasteiger partial charge in [-0.15, -0.1) is 0 Å². The molecule has 1 aromatic carbocycles. The van der Waals surface area contributed by atoms with Crippen molar-refractivity contribution in [2.45, 2.75) is 0 Å². The lowest BCUT2D eigenvalue weighted by molar-refractivity contribution is 0.102. The Hall–Kier alpha value is -1.10. The van der Waals surface area contributed by atoms with E-state index in [1.54, 1.807) is 36.5 Å². The molecule has 0 fully saturated rings. The zero-order chi connectivity index (χ0) is 13.1. The fraction of sp³-hybridized carbons (Fsp3) is 0. The van der Waals surface area contributed by atoms with Crippen molar-refractivity contribution in [2.75, 3.05) is 5.32 Å². The summed E-state index contributed by atoms with van der Waals surface area (Å²) in [4.78, 5) is 15.9. The molecule has 0 unspecified atom stereocenters. The number of hydrogen-bond donors (Lipinski definition) is 1. The van der Waals surface area contributed by atoms with Crippen LogP contribution < -0.4 is 5.32 Å². The lowest BCUT2D eigenvalue weighted by Crippen LogP contribution is -2.14. The van der Waals surface area contributed by atoms with Gasteiger partial charge in [-0.3, -0.25) is 4.79 Å². The fourth-order valence-corrected chi connectivity index (χ4v) is 2.05. The quantitative estimate of drug-likeness (QED) is 0.876. The second-order valence-corrected chi connectivity index (χ2v) is 5.09. The van der Waals surface area contributed by atoms with Gasteiger partial charge in [0, 0.05) is 16.4 Å². The van der Waals surface area contributed by atoms with E-state index in [0.717, 1.165) is 0 Å². The third kappa shape index (κ3) is 3.02. The maximum absolute atomic E-state index is 12.0. The zero-order valence-corrected chi connectivity index (χ0v) is 12.1. The third-order valence-electron chi connectivity index (χ3n) is 2.15. The molecule has 2 aromatic rings. The maximum atomic E-state index is 12.0. The van der Waals surface area contributed by atoms with Crippen LogP contribution in [-0.2, 0) is 0 Å². The van der Waals surface area contributed by atoms with Gasteiger partial charge in [-0.25, -0.2) is 4.98 Å². The summed E-state index contributed by atoms with van der Waals surface area (Å²) in [6.45, 7) is 0. The van der Waals surface area contributed by atoms with Crippen molar-refractivity contribution in [1.29, 1.82) is 0 Å². The molecule has 1 N–H and O–H groups in total. The lowest BCUT2D eigenvalue weighted by Gasteiger charge is -2.06. The van der Waals surface area contributed by atoms with Crippen molar-refractivity contribution in [3.8, 4) is 0 Å². The van der Waals surface area contributed by atoms with Crippen molar-refractivity contribution in [2.24, 2.45) is 0 Å². The van der Waals surface area contributed by atoms with Gasteiger partial charge in [0.15, 0.2) is 0 Å². The van der Waals surface area contributed by atoms with Gasteiger partial charge in [0.2, 0.25) is 0 Å². The minimum absolute atomic E-state index is 0.309. The molecule has 0 saturated carbocycles.